The molecule has 0 heterocycles. The van der Waals surface area contributed by atoms with Gasteiger partial charge in [-0.1, -0.05) is 18.6 Å². The summed E-state index contributed by atoms with van der Waals surface area (Å²) in [4.78, 5) is 0. The molecule has 0 aromatic heterocycles. The Labute approximate surface area is 69.7 Å². The summed E-state index contributed by atoms with van der Waals surface area (Å²) in [6.45, 7) is 2.41. The second-order valence-electron chi connectivity index (χ2n) is 4.29. The predicted octanol–water partition coefficient (Wildman–Crippen LogP) is 3.53. The fourth-order valence-electron chi connectivity index (χ4n) is 2.60. The van der Waals surface area contributed by atoms with E-state index >= 15 is 0 Å². The van der Waals surface area contributed by atoms with Gasteiger partial charge in [0, 0.05) is 0 Å². The van der Waals surface area contributed by atoms with Crippen LogP contribution in [0.4, 0.5) is 0 Å². The first-order valence-corrected chi connectivity index (χ1v) is 5.05. The summed E-state index contributed by atoms with van der Waals surface area (Å²) in [5, 5.41) is 0. The van der Waals surface area contributed by atoms with E-state index in [0.717, 1.165) is 11.8 Å². The third-order valence-corrected chi connectivity index (χ3v) is 3.30. The van der Waals surface area contributed by atoms with Crippen molar-refractivity contribution in [2.45, 2.75) is 45.4 Å². The molecule has 2 unspecified atom stereocenters. The summed E-state index contributed by atoms with van der Waals surface area (Å²) in [6, 6.07) is 0. The highest BCUT2D eigenvalue weighted by molar-refractivity contribution is 5.12. The number of hydrogen-bond donors (Lipinski definition) is 0. The minimum absolute atomic E-state index is 0.993. The third kappa shape index (κ3) is 1.50. The van der Waals surface area contributed by atoms with E-state index in [4.69, 9.17) is 0 Å². The van der Waals surface area contributed by atoms with Crippen molar-refractivity contribution in [1.82, 2.24) is 0 Å². The molecule has 2 atom stereocenters. The zero-order valence-electron chi connectivity index (χ0n) is 7.47. The van der Waals surface area contributed by atoms with Crippen LogP contribution in [0.25, 0.3) is 0 Å². The molecular weight excluding hydrogens is 132 g/mol. The highest BCUT2D eigenvalue weighted by atomic mass is 14.3. The second-order valence-corrected chi connectivity index (χ2v) is 4.29. The molecule has 0 N–H and O–H groups in total. The lowest BCUT2D eigenvalue weighted by atomic mass is 9.74. The minimum Gasteiger partial charge on any atom is -0.0851 e. The van der Waals surface area contributed by atoms with Crippen LogP contribution in [0.15, 0.2) is 11.6 Å². The first-order chi connectivity index (χ1) is 5.36. The Kier molecular flexibility index (Phi) is 2.02. The average molecular weight is 150 g/mol. The van der Waals surface area contributed by atoms with E-state index in [9.17, 15) is 0 Å². The Morgan fingerprint density at radius 1 is 1.36 bits per heavy atom. The maximum absolute atomic E-state index is 2.51. The van der Waals surface area contributed by atoms with Crippen molar-refractivity contribution in [2.75, 3.05) is 0 Å². The smallest absolute Gasteiger partial charge is 0.0201 e. The molecule has 2 aliphatic carbocycles. The van der Waals surface area contributed by atoms with E-state index in [-0.39, 0.29) is 0 Å². The Morgan fingerprint density at radius 2 is 2.27 bits per heavy atom. The Hall–Kier alpha value is -0.260. The van der Waals surface area contributed by atoms with E-state index in [1.807, 2.05) is 0 Å². The lowest BCUT2D eigenvalue weighted by Crippen LogP contribution is -2.18. The topological polar surface area (TPSA) is 0 Å². The van der Waals surface area contributed by atoms with Crippen molar-refractivity contribution in [2.24, 2.45) is 11.8 Å². The van der Waals surface area contributed by atoms with E-state index in [1.165, 1.54) is 38.5 Å². The van der Waals surface area contributed by atoms with Gasteiger partial charge in [-0.2, -0.15) is 0 Å². The van der Waals surface area contributed by atoms with E-state index < -0.39 is 0 Å². The molecule has 0 saturated heterocycles. The van der Waals surface area contributed by atoms with Crippen molar-refractivity contribution in [3.05, 3.63) is 11.6 Å². The molecular formula is C11H18. The van der Waals surface area contributed by atoms with Gasteiger partial charge in [-0.05, 0) is 50.4 Å². The molecule has 62 valence electrons. The molecule has 0 aromatic rings. The Balaban J connectivity index is 2.06. The summed E-state index contributed by atoms with van der Waals surface area (Å²) in [5.74, 6) is 1.99. The summed E-state index contributed by atoms with van der Waals surface area (Å²) in [7, 11) is 0. The van der Waals surface area contributed by atoms with Gasteiger partial charge >= 0.3 is 0 Å². The monoisotopic (exact) mass is 150 g/mol. The van der Waals surface area contributed by atoms with Crippen molar-refractivity contribution < 1.29 is 0 Å². The van der Waals surface area contributed by atoms with Gasteiger partial charge in [0.05, 0.1) is 0 Å². The number of fused-ring (bicyclic) bond motifs is 1. The standard InChI is InChI=1S/C11H18/c1-9-6-7-10-4-2-3-5-11(10)8-9/h4,9,11H,2-3,5-8H2,1H3. The molecule has 1 fully saturated rings. The summed E-state index contributed by atoms with van der Waals surface area (Å²) in [6.07, 6.45) is 11.1. The second kappa shape index (κ2) is 3.00. The van der Waals surface area contributed by atoms with Gasteiger partial charge in [0.15, 0.2) is 0 Å². The fraction of sp³-hybridized carbons (Fsp3) is 0.818. The largest absolute Gasteiger partial charge is 0.0851 e. The number of allylic oxidation sites excluding steroid dienone is 2. The van der Waals surface area contributed by atoms with E-state index in [2.05, 4.69) is 13.0 Å². The van der Waals surface area contributed by atoms with Gasteiger partial charge in [0.1, 0.15) is 0 Å². The van der Waals surface area contributed by atoms with Crippen molar-refractivity contribution in [3.8, 4) is 0 Å². The van der Waals surface area contributed by atoms with Crippen LogP contribution in [0.5, 0.6) is 0 Å². The number of hydrogen-bond acceptors (Lipinski definition) is 0. The molecule has 0 radical (unpaired) electrons. The molecule has 0 nitrogen and oxygen atoms in total. The Bertz CT molecular complexity index is 167. The zero-order valence-corrected chi connectivity index (χ0v) is 7.47. The van der Waals surface area contributed by atoms with Gasteiger partial charge in [0.2, 0.25) is 0 Å². The van der Waals surface area contributed by atoms with E-state index in [0.29, 0.717) is 0 Å². The van der Waals surface area contributed by atoms with Crippen LogP contribution in [-0.2, 0) is 0 Å². The molecule has 11 heavy (non-hydrogen) atoms. The first-order valence-electron chi connectivity index (χ1n) is 5.05. The van der Waals surface area contributed by atoms with Gasteiger partial charge in [0.25, 0.3) is 0 Å². The van der Waals surface area contributed by atoms with Crippen LogP contribution in [0.3, 0.4) is 0 Å². The van der Waals surface area contributed by atoms with Gasteiger partial charge < -0.3 is 0 Å². The van der Waals surface area contributed by atoms with Crippen molar-refractivity contribution in [1.29, 1.82) is 0 Å². The number of rotatable bonds is 0. The van der Waals surface area contributed by atoms with E-state index in [1.54, 1.807) is 5.57 Å². The minimum atomic E-state index is 0.993. The molecule has 0 aliphatic heterocycles. The maximum Gasteiger partial charge on any atom is -0.0201 e. The van der Waals surface area contributed by atoms with Gasteiger partial charge in [-0.15, -0.1) is 0 Å². The molecule has 2 aliphatic rings. The molecule has 0 spiro atoms. The average Bonchev–Trinajstić information content (AvgIpc) is 2.04. The highest BCUT2D eigenvalue weighted by Gasteiger charge is 2.24. The van der Waals surface area contributed by atoms with Gasteiger partial charge in [-0.25, -0.2) is 0 Å². The molecule has 0 heteroatoms. The lowest BCUT2D eigenvalue weighted by Gasteiger charge is -2.32. The zero-order chi connectivity index (χ0) is 7.68. The van der Waals surface area contributed by atoms with Crippen molar-refractivity contribution >= 4 is 0 Å². The molecule has 1 saturated carbocycles. The summed E-state index contributed by atoms with van der Waals surface area (Å²) < 4.78 is 0. The lowest BCUT2D eigenvalue weighted by molar-refractivity contribution is 0.323. The van der Waals surface area contributed by atoms with Gasteiger partial charge in [-0.3, -0.25) is 0 Å². The third-order valence-electron chi connectivity index (χ3n) is 3.30. The van der Waals surface area contributed by atoms with Crippen LogP contribution >= 0.6 is 0 Å². The predicted molar refractivity (Wildman–Crippen MR) is 48.4 cm³/mol. The van der Waals surface area contributed by atoms with Crippen LogP contribution in [0.1, 0.15) is 45.4 Å². The van der Waals surface area contributed by atoms with Crippen LogP contribution < -0.4 is 0 Å². The van der Waals surface area contributed by atoms with Crippen LogP contribution in [-0.4, -0.2) is 0 Å². The van der Waals surface area contributed by atoms with Crippen LogP contribution in [0, 0.1) is 11.8 Å². The molecule has 0 amide bonds. The molecule has 0 aromatic carbocycles. The summed E-state index contributed by atoms with van der Waals surface area (Å²) in [5.41, 5.74) is 1.80. The molecule has 0 bridgehead atoms. The maximum atomic E-state index is 2.51. The first kappa shape index (κ1) is 7.39. The summed E-state index contributed by atoms with van der Waals surface area (Å²) >= 11 is 0. The highest BCUT2D eigenvalue weighted by Crippen LogP contribution is 2.38. The Morgan fingerprint density at radius 3 is 3.18 bits per heavy atom. The quantitative estimate of drug-likeness (QED) is 0.463. The SMILES string of the molecule is CC1CCC2=CCCCC2C1. The van der Waals surface area contributed by atoms with Crippen LogP contribution in [0.2, 0.25) is 0 Å². The normalized spacial score (nSPS) is 37.7. The fourth-order valence-corrected chi connectivity index (χ4v) is 2.60. The van der Waals surface area contributed by atoms with Crippen molar-refractivity contribution in [3.63, 3.8) is 0 Å². The molecule has 2 rings (SSSR count).